The fourth-order valence-corrected chi connectivity index (χ4v) is 5.04. The summed E-state index contributed by atoms with van der Waals surface area (Å²) in [6, 6.07) is 1.25. The Hall–Kier alpha value is -4.53. The molecule has 0 bridgehead atoms. The average molecular weight is 669 g/mol. The lowest BCUT2D eigenvalue weighted by Gasteiger charge is -2.22. The van der Waals surface area contributed by atoms with Gasteiger partial charge in [0.25, 0.3) is 5.56 Å². The van der Waals surface area contributed by atoms with Gasteiger partial charge < -0.3 is 34.5 Å². The van der Waals surface area contributed by atoms with Gasteiger partial charge in [-0.3, -0.25) is 18.9 Å². The highest BCUT2D eigenvalue weighted by atomic mass is 19.3. The number of rotatable bonds is 9. The Balaban J connectivity index is 1.26. The van der Waals surface area contributed by atoms with Crippen LogP contribution in [0.4, 0.5) is 19.4 Å². The number of H-pyrrole nitrogens is 1. The van der Waals surface area contributed by atoms with Gasteiger partial charge in [0.05, 0.1) is 25.9 Å². The Labute approximate surface area is 263 Å². The molecule has 2 saturated heterocycles. The van der Waals surface area contributed by atoms with Crippen LogP contribution < -0.4 is 22.3 Å². The second kappa shape index (κ2) is 12.9. The number of aromatic amines is 1. The molecule has 3 aromatic rings. The largest absolute Gasteiger partial charge is 0.509 e. The van der Waals surface area contributed by atoms with Gasteiger partial charge in [-0.15, -0.1) is 5.10 Å². The fraction of sp³-hybridized carbons (Fsp3) is 0.593. The topological polar surface area (TPSA) is 227 Å². The van der Waals surface area contributed by atoms with E-state index in [4.69, 9.17) is 18.9 Å². The molecule has 4 N–H and O–H groups in total. The standard InChI is InChI=1S/C27H34F2N8O10/c1-13-9-37(24(42)32-21(13)40)19-7-15(46-25(43)47-26(2,3)4)16(44-19)11-35-10-14(33-34-35)8-30-18-5-6-36(23(41)31-18)22-27(28,29)20(39)17(12-38)45-22/h5-6,9-10,15-17,19-20,22,38-39H,7-8,11-12H2,1-4H3,(H,30,31,41)(H,32,40,42)/t15-,16+,17+,19+,20+,22+/m0/s1. The molecule has 0 saturated carbocycles. The highest BCUT2D eigenvalue weighted by molar-refractivity contribution is 5.60. The van der Waals surface area contributed by atoms with Crippen LogP contribution in [0.5, 0.6) is 0 Å². The number of hydrogen-bond donors (Lipinski definition) is 4. The second-order valence-electron chi connectivity index (χ2n) is 12.1. The van der Waals surface area contributed by atoms with Crippen LogP contribution in [0.3, 0.4) is 0 Å². The predicted molar refractivity (Wildman–Crippen MR) is 153 cm³/mol. The molecular formula is C27H34F2N8O10. The van der Waals surface area contributed by atoms with Gasteiger partial charge in [-0.05, 0) is 33.8 Å². The molecule has 0 unspecified atom stereocenters. The molecule has 2 aliphatic heterocycles. The molecule has 20 heteroatoms. The average Bonchev–Trinajstić information content (AvgIpc) is 3.65. The maximum absolute atomic E-state index is 14.5. The van der Waals surface area contributed by atoms with E-state index in [-0.39, 0.29) is 30.9 Å². The van der Waals surface area contributed by atoms with Crippen molar-refractivity contribution in [2.24, 2.45) is 0 Å². The third-order valence-corrected chi connectivity index (χ3v) is 7.32. The van der Waals surface area contributed by atoms with Crippen molar-refractivity contribution in [2.75, 3.05) is 11.9 Å². The van der Waals surface area contributed by atoms with E-state index < -0.39 is 78.1 Å². The van der Waals surface area contributed by atoms with Gasteiger partial charge in [-0.25, -0.2) is 19.1 Å². The van der Waals surface area contributed by atoms with Crippen LogP contribution in [-0.4, -0.2) is 93.0 Å². The number of hydrogen-bond acceptors (Lipinski definition) is 14. The molecule has 2 fully saturated rings. The lowest BCUT2D eigenvalue weighted by molar-refractivity contribution is -0.140. The van der Waals surface area contributed by atoms with Crippen molar-refractivity contribution in [2.45, 2.75) is 95.6 Å². The van der Waals surface area contributed by atoms with Gasteiger partial charge in [-0.1, -0.05) is 5.21 Å². The Kier molecular flexibility index (Phi) is 9.31. The Morgan fingerprint density at radius 3 is 2.60 bits per heavy atom. The Morgan fingerprint density at radius 1 is 1.19 bits per heavy atom. The molecule has 0 aromatic carbocycles. The minimum atomic E-state index is -3.85. The number of aliphatic hydroxyl groups is 2. The van der Waals surface area contributed by atoms with Gasteiger partial charge >= 0.3 is 23.5 Å². The van der Waals surface area contributed by atoms with Crippen LogP contribution >= 0.6 is 0 Å². The number of aryl methyl sites for hydroxylation is 1. The van der Waals surface area contributed by atoms with E-state index in [1.165, 1.54) is 34.6 Å². The number of carbonyl (C=O) groups is 1. The van der Waals surface area contributed by atoms with Crippen LogP contribution in [0.2, 0.25) is 0 Å². The zero-order valence-corrected chi connectivity index (χ0v) is 25.7. The van der Waals surface area contributed by atoms with E-state index in [9.17, 15) is 38.2 Å². The van der Waals surface area contributed by atoms with E-state index in [1.807, 2.05) is 0 Å². The molecule has 2 aliphatic rings. The van der Waals surface area contributed by atoms with Crippen LogP contribution in [0, 0.1) is 6.92 Å². The number of aromatic nitrogens is 7. The number of halogens is 2. The van der Waals surface area contributed by atoms with Crippen LogP contribution in [0.15, 0.2) is 39.0 Å². The molecular weight excluding hydrogens is 634 g/mol. The Morgan fingerprint density at radius 2 is 1.94 bits per heavy atom. The van der Waals surface area contributed by atoms with E-state index in [2.05, 4.69) is 25.6 Å². The van der Waals surface area contributed by atoms with Crippen molar-refractivity contribution in [1.82, 2.24) is 34.1 Å². The monoisotopic (exact) mass is 668 g/mol. The van der Waals surface area contributed by atoms with Gasteiger partial charge in [0.1, 0.15) is 41.7 Å². The third kappa shape index (κ3) is 7.39. The van der Waals surface area contributed by atoms with Crippen molar-refractivity contribution < 1.29 is 42.7 Å². The van der Waals surface area contributed by atoms with Crippen molar-refractivity contribution >= 4 is 12.0 Å². The smallest absolute Gasteiger partial charge is 0.429 e. The molecule has 0 spiro atoms. The minimum absolute atomic E-state index is 0.00980. The molecule has 0 amide bonds. The maximum atomic E-state index is 14.5. The molecule has 0 aliphatic carbocycles. The number of carbonyl (C=O) groups excluding carboxylic acids is 1. The number of nitrogens with one attached hydrogen (secondary N) is 2. The lowest BCUT2D eigenvalue weighted by atomic mass is 10.1. The summed E-state index contributed by atoms with van der Waals surface area (Å²) in [7, 11) is 0. The number of aliphatic hydroxyl groups excluding tert-OH is 2. The lowest BCUT2D eigenvalue weighted by Crippen LogP contribution is -2.41. The summed E-state index contributed by atoms with van der Waals surface area (Å²) >= 11 is 0. The molecule has 0 radical (unpaired) electrons. The quantitative estimate of drug-likeness (QED) is 0.217. The van der Waals surface area contributed by atoms with Gasteiger partial charge in [0, 0.05) is 24.4 Å². The van der Waals surface area contributed by atoms with E-state index >= 15 is 0 Å². The summed E-state index contributed by atoms with van der Waals surface area (Å²) in [6.45, 7) is 5.73. The summed E-state index contributed by atoms with van der Waals surface area (Å²) < 4.78 is 53.9. The van der Waals surface area contributed by atoms with Crippen LogP contribution in [-0.2, 0) is 32.0 Å². The van der Waals surface area contributed by atoms with Crippen LogP contribution in [0.1, 0.15) is 50.9 Å². The van der Waals surface area contributed by atoms with Crippen LogP contribution in [0.25, 0.3) is 0 Å². The minimum Gasteiger partial charge on any atom is -0.429 e. The van der Waals surface area contributed by atoms with Gasteiger partial charge in [0.2, 0.25) is 6.23 Å². The summed E-state index contributed by atoms with van der Waals surface area (Å²) in [5, 5.41) is 29.8. The first kappa shape index (κ1) is 33.8. The molecule has 6 atom stereocenters. The molecule has 5 rings (SSSR count). The van der Waals surface area contributed by atoms with E-state index in [1.54, 1.807) is 20.8 Å². The number of ether oxygens (including phenoxy) is 4. The maximum Gasteiger partial charge on any atom is 0.509 e. The number of alkyl halides is 2. The van der Waals surface area contributed by atoms with Gasteiger partial charge in [0.15, 0.2) is 6.10 Å². The normalized spacial score (nSPS) is 25.5. The fourth-order valence-electron chi connectivity index (χ4n) is 5.04. The molecule has 5 heterocycles. The predicted octanol–water partition coefficient (Wildman–Crippen LogP) is -0.201. The molecule has 18 nitrogen and oxygen atoms in total. The van der Waals surface area contributed by atoms with Crippen molar-refractivity contribution in [3.8, 4) is 0 Å². The van der Waals surface area contributed by atoms with Crippen molar-refractivity contribution in [1.29, 1.82) is 0 Å². The first-order valence-electron chi connectivity index (χ1n) is 14.5. The SMILES string of the molecule is Cc1cn([C@H]2C[C@H](OC(=O)OC(C)(C)C)[C@@H](Cn3cc(CNc4ccn([C@@H]5O[C@H](CO)[C@@H](O)C5(F)F)c(=O)n4)nn3)O2)c(=O)[nH]c1=O. The zero-order chi connectivity index (χ0) is 34.3. The first-order chi connectivity index (χ1) is 22.0. The summed E-state index contributed by atoms with van der Waals surface area (Å²) in [6.07, 6.45) is -5.58. The van der Waals surface area contributed by atoms with Crippen molar-refractivity contribution in [3.63, 3.8) is 0 Å². The van der Waals surface area contributed by atoms with Crippen molar-refractivity contribution in [3.05, 3.63) is 67.2 Å². The zero-order valence-electron chi connectivity index (χ0n) is 25.7. The van der Waals surface area contributed by atoms with E-state index in [0.29, 0.717) is 10.3 Å². The molecule has 3 aromatic heterocycles. The van der Waals surface area contributed by atoms with Gasteiger partial charge in [-0.2, -0.15) is 13.8 Å². The summed E-state index contributed by atoms with van der Waals surface area (Å²) in [4.78, 5) is 55.3. The number of anilines is 1. The van der Waals surface area contributed by atoms with E-state index in [0.717, 1.165) is 6.20 Å². The second-order valence-corrected chi connectivity index (χ2v) is 12.1. The summed E-state index contributed by atoms with van der Waals surface area (Å²) in [5.74, 6) is -3.82. The summed E-state index contributed by atoms with van der Waals surface area (Å²) in [5.41, 5.74) is -2.50. The Bertz CT molecular complexity index is 1780. The highest BCUT2D eigenvalue weighted by Crippen LogP contribution is 2.42. The molecule has 256 valence electrons. The number of nitrogens with zero attached hydrogens (tertiary/aromatic N) is 6. The first-order valence-corrected chi connectivity index (χ1v) is 14.5. The molecule has 47 heavy (non-hydrogen) atoms. The third-order valence-electron chi connectivity index (χ3n) is 7.32. The highest BCUT2D eigenvalue weighted by Gasteiger charge is 2.59.